The SMILES string of the molecule is CC(C)=CC(=O)c1cnsn1. The van der Waals surface area contributed by atoms with Crippen LogP contribution in [-0.4, -0.2) is 14.5 Å². The summed E-state index contributed by atoms with van der Waals surface area (Å²) >= 11 is 1.04. The van der Waals surface area contributed by atoms with E-state index < -0.39 is 0 Å². The van der Waals surface area contributed by atoms with E-state index in [1.807, 2.05) is 13.8 Å². The molecule has 11 heavy (non-hydrogen) atoms. The topological polar surface area (TPSA) is 42.9 Å². The molecule has 1 heterocycles. The van der Waals surface area contributed by atoms with Gasteiger partial charge in [0.15, 0.2) is 0 Å². The molecule has 0 bridgehead atoms. The van der Waals surface area contributed by atoms with Gasteiger partial charge in [0.25, 0.3) is 0 Å². The van der Waals surface area contributed by atoms with Crippen LogP contribution >= 0.6 is 11.7 Å². The first-order valence-corrected chi connectivity index (χ1v) is 3.90. The van der Waals surface area contributed by atoms with Gasteiger partial charge in [0.2, 0.25) is 5.78 Å². The summed E-state index contributed by atoms with van der Waals surface area (Å²) in [5.41, 5.74) is 1.40. The second-order valence-corrected chi connectivity index (χ2v) is 2.94. The first-order valence-electron chi connectivity index (χ1n) is 3.17. The van der Waals surface area contributed by atoms with Crippen molar-refractivity contribution in [2.75, 3.05) is 0 Å². The Balaban J connectivity index is 2.80. The van der Waals surface area contributed by atoms with E-state index >= 15 is 0 Å². The molecule has 0 aliphatic carbocycles. The lowest BCUT2D eigenvalue weighted by Gasteiger charge is -1.86. The Kier molecular flexibility index (Phi) is 2.48. The van der Waals surface area contributed by atoms with E-state index in [9.17, 15) is 4.79 Å². The summed E-state index contributed by atoms with van der Waals surface area (Å²) < 4.78 is 7.54. The van der Waals surface area contributed by atoms with Crippen molar-refractivity contribution >= 4 is 17.5 Å². The fraction of sp³-hybridized carbons (Fsp3) is 0.286. The van der Waals surface area contributed by atoms with Gasteiger partial charge in [-0.05, 0) is 19.9 Å². The van der Waals surface area contributed by atoms with Crippen molar-refractivity contribution in [2.24, 2.45) is 0 Å². The largest absolute Gasteiger partial charge is 0.287 e. The Labute approximate surface area is 69.1 Å². The predicted molar refractivity (Wildman–Crippen MR) is 43.7 cm³/mol. The van der Waals surface area contributed by atoms with Gasteiger partial charge < -0.3 is 0 Å². The van der Waals surface area contributed by atoms with Gasteiger partial charge in [0.1, 0.15) is 5.69 Å². The number of carbonyl (C=O) groups excluding carboxylic acids is 1. The summed E-state index contributed by atoms with van der Waals surface area (Å²) in [7, 11) is 0. The number of carbonyl (C=O) groups is 1. The zero-order valence-corrected chi connectivity index (χ0v) is 7.18. The minimum Gasteiger partial charge on any atom is -0.287 e. The monoisotopic (exact) mass is 168 g/mol. The number of allylic oxidation sites excluding steroid dienone is 2. The van der Waals surface area contributed by atoms with Crippen molar-refractivity contribution in [3.05, 3.63) is 23.5 Å². The van der Waals surface area contributed by atoms with Gasteiger partial charge in [-0.15, -0.1) is 0 Å². The quantitative estimate of drug-likeness (QED) is 0.498. The zero-order valence-electron chi connectivity index (χ0n) is 6.37. The summed E-state index contributed by atoms with van der Waals surface area (Å²) in [5.74, 6) is -0.0706. The minimum atomic E-state index is -0.0706. The summed E-state index contributed by atoms with van der Waals surface area (Å²) in [5, 5.41) is 0. The molecule has 1 rings (SSSR count). The third kappa shape index (κ3) is 2.23. The standard InChI is InChI=1S/C7H8N2OS/c1-5(2)3-7(10)6-4-8-11-9-6/h3-4H,1-2H3. The molecule has 4 heteroatoms. The molecule has 0 fully saturated rings. The number of hydrogen-bond donors (Lipinski definition) is 0. The second-order valence-electron chi connectivity index (χ2n) is 2.38. The zero-order chi connectivity index (χ0) is 8.27. The van der Waals surface area contributed by atoms with Crippen molar-refractivity contribution in [1.29, 1.82) is 0 Å². The Morgan fingerprint density at radius 2 is 2.36 bits per heavy atom. The maximum Gasteiger partial charge on any atom is 0.206 e. The van der Waals surface area contributed by atoms with Crippen LogP contribution in [0.3, 0.4) is 0 Å². The van der Waals surface area contributed by atoms with Gasteiger partial charge in [-0.2, -0.15) is 8.75 Å². The van der Waals surface area contributed by atoms with E-state index in [4.69, 9.17) is 0 Å². The first-order chi connectivity index (χ1) is 5.20. The number of rotatable bonds is 2. The van der Waals surface area contributed by atoms with Crippen LogP contribution < -0.4 is 0 Å². The van der Waals surface area contributed by atoms with Crippen LogP contribution in [0.1, 0.15) is 24.3 Å². The molecule has 1 aromatic heterocycles. The molecule has 0 atom stereocenters. The van der Waals surface area contributed by atoms with Crippen molar-refractivity contribution in [1.82, 2.24) is 8.75 Å². The van der Waals surface area contributed by atoms with Gasteiger partial charge in [-0.3, -0.25) is 4.79 Å². The Morgan fingerprint density at radius 3 is 2.82 bits per heavy atom. The van der Waals surface area contributed by atoms with E-state index in [2.05, 4.69) is 8.75 Å². The van der Waals surface area contributed by atoms with Gasteiger partial charge in [-0.1, -0.05) is 5.57 Å². The molecule has 0 unspecified atom stereocenters. The molecular formula is C7H8N2OS. The second kappa shape index (κ2) is 3.39. The fourth-order valence-corrected chi connectivity index (χ4v) is 1.03. The fourth-order valence-electron chi connectivity index (χ4n) is 0.609. The normalized spacial score (nSPS) is 9.27. The molecule has 0 spiro atoms. The Hall–Kier alpha value is -1.03. The number of aromatic nitrogens is 2. The highest BCUT2D eigenvalue weighted by Gasteiger charge is 2.03. The number of ketones is 1. The molecule has 0 saturated carbocycles. The highest BCUT2D eigenvalue weighted by atomic mass is 32.1. The maximum atomic E-state index is 11.1. The van der Waals surface area contributed by atoms with Crippen LogP contribution in [0.25, 0.3) is 0 Å². The van der Waals surface area contributed by atoms with Crippen LogP contribution in [0.4, 0.5) is 0 Å². The van der Waals surface area contributed by atoms with Crippen LogP contribution in [0.5, 0.6) is 0 Å². The van der Waals surface area contributed by atoms with E-state index in [-0.39, 0.29) is 5.78 Å². The van der Waals surface area contributed by atoms with Crippen LogP contribution in [0.15, 0.2) is 17.8 Å². The van der Waals surface area contributed by atoms with Gasteiger partial charge in [0, 0.05) is 0 Å². The summed E-state index contributed by atoms with van der Waals surface area (Å²) in [6.45, 7) is 3.75. The smallest absolute Gasteiger partial charge is 0.206 e. The lowest BCUT2D eigenvalue weighted by atomic mass is 10.2. The molecule has 0 saturated heterocycles. The van der Waals surface area contributed by atoms with E-state index in [0.717, 1.165) is 17.3 Å². The average molecular weight is 168 g/mol. The first kappa shape index (κ1) is 8.07. The average Bonchev–Trinajstić information content (AvgIpc) is 2.35. The van der Waals surface area contributed by atoms with Crippen molar-refractivity contribution in [3.63, 3.8) is 0 Å². The molecule has 1 aromatic rings. The van der Waals surface area contributed by atoms with E-state index in [1.165, 1.54) is 6.20 Å². The molecule has 0 N–H and O–H groups in total. The Morgan fingerprint density at radius 1 is 1.64 bits per heavy atom. The number of nitrogens with zero attached hydrogens (tertiary/aromatic N) is 2. The van der Waals surface area contributed by atoms with Crippen LogP contribution in [-0.2, 0) is 0 Å². The third-order valence-electron chi connectivity index (χ3n) is 1.03. The molecule has 0 aliphatic heterocycles. The molecule has 0 amide bonds. The molecule has 0 aliphatic rings. The van der Waals surface area contributed by atoms with Crippen molar-refractivity contribution in [3.8, 4) is 0 Å². The Bertz CT molecular complexity index is 273. The van der Waals surface area contributed by atoms with Crippen LogP contribution in [0.2, 0.25) is 0 Å². The number of hydrogen-bond acceptors (Lipinski definition) is 4. The van der Waals surface area contributed by atoms with E-state index in [1.54, 1.807) is 6.08 Å². The maximum absolute atomic E-state index is 11.1. The lowest BCUT2D eigenvalue weighted by Crippen LogP contribution is -1.94. The molecular weight excluding hydrogens is 160 g/mol. The molecule has 0 radical (unpaired) electrons. The van der Waals surface area contributed by atoms with Crippen molar-refractivity contribution < 1.29 is 4.79 Å². The highest BCUT2D eigenvalue weighted by Crippen LogP contribution is 2.00. The van der Waals surface area contributed by atoms with Gasteiger partial charge >= 0.3 is 0 Å². The highest BCUT2D eigenvalue weighted by molar-refractivity contribution is 6.99. The minimum absolute atomic E-state index is 0.0706. The summed E-state index contributed by atoms with van der Waals surface area (Å²) in [6, 6.07) is 0. The summed E-state index contributed by atoms with van der Waals surface area (Å²) in [6.07, 6.45) is 3.03. The van der Waals surface area contributed by atoms with Gasteiger partial charge in [-0.25, -0.2) is 0 Å². The van der Waals surface area contributed by atoms with Crippen LogP contribution in [0, 0.1) is 0 Å². The predicted octanol–water partition coefficient (Wildman–Crippen LogP) is 1.69. The third-order valence-corrected chi connectivity index (χ3v) is 1.51. The summed E-state index contributed by atoms with van der Waals surface area (Å²) in [4.78, 5) is 11.1. The molecule has 58 valence electrons. The van der Waals surface area contributed by atoms with E-state index in [0.29, 0.717) is 5.69 Å². The molecule has 0 aromatic carbocycles. The van der Waals surface area contributed by atoms with Gasteiger partial charge in [0.05, 0.1) is 17.9 Å². The lowest BCUT2D eigenvalue weighted by molar-refractivity contribution is 0.104. The van der Waals surface area contributed by atoms with Crippen molar-refractivity contribution in [2.45, 2.75) is 13.8 Å². The molecule has 3 nitrogen and oxygen atoms in total.